The highest BCUT2D eigenvalue weighted by Gasteiger charge is 2.05. The number of benzene rings is 1. The highest BCUT2D eigenvalue weighted by Crippen LogP contribution is 2.16. The number of carbonyl (C=O) groups excluding carboxylic acids is 2. The van der Waals surface area contributed by atoms with E-state index in [2.05, 4.69) is 24.5 Å². The van der Waals surface area contributed by atoms with Crippen molar-refractivity contribution in [3.8, 4) is 0 Å². The fraction of sp³-hybridized carbons (Fsp3) is 0.529. The Morgan fingerprint density at radius 3 is 1.90 bits per heavy atom. The highest BCUT2D eigenvalue weighted by atomic mass is 16.2. The molecule has 4 heteroatoms. The topological polar surface area (TPSA) is 58.2 Å². The van der Waals surface area contributed by atoms with Crippen LogP contribution in [0.15, 0.2) is 24.3 Å². The van der Waals surface area contributed by atoms with Gasteiger partial charge in [-0.25, -0.2) is 0 Å². The van der Waals surface area contributed by atoms with E-state index in [0.717, 1.165) is 43.5 Å². The zero-order chi connectivity index (χ0) is 15.5. The molecular formula is C17H26N2O2. The third kappa shape index (κ3) is 7.49. The lowest BCUT2D eigenvalue weighted by molar-refractivity contribution is -0.117. The van der Waals surface area contributed by atoms with E-state index in [1.54, 1.807) is 6.07 Å². The molecule has 0 saturated carbocycles. The van der Waals surface area contributed by atoms with Crippen LogP contribution in [-0.2, 0) is 9.59 Å². The van der Waals surface area contributed by atoms with Gasteiger partial charge in [0.1, 0.15) is 0 Å². The zero-order valence-electron chi connectivity index (χ0n) is 13.1. The second kappa shape index (κ2) is 9.97. The SMILES string of the molecule is CCCCCC(=O)Nc1cccc(NC(=O)CCCC)c1. The second-order valence-corrected chi connectivity index (χ2v) is 5.24. The summed E-state index contributed by atoms with van der Waals surface area (Å²) in [5.74, 6) is 0.0428. The molecular weight excluding hydrogens is 264 g/mol. The summed E-state index contributed by atoms with van der Waals surface area (Å²) in [7, 11) is 0. The third-order valence-electron chi connectivity index (χ3n) is 3.19. The van der Waals surface area contributed by atoms with Crippen molar-refractivity contribution in [1.82, 2.24) is 0 Å². The standard InChI is InChI=1S/C17H26N2O2/c1-3-5-7-12-17(21)19-15-10-8-9-14(13-15)18-16(20)11-6-4-2/h8-10,13H,3-7,11-12H2,1-2H3,(H,18,20)(H,19,21). The van der Waals surface area contributed by atoms with Crippen LogP contribution in [0.5, 0.6) is 0 Å². The summed E-state index contributed by atoms with van der Waals surface area (Å²) < 4.78 is 0. The minimum atomic E-state index is 0.0169. The maximum absolute atomic E-state index is 11.8. The maximum Gasteiger partial charge on any atom is 0.224 e. The van der Waals surface area contributed by atoms with Gasteiger partial charge >= 0.3 is 0 Å². The molecule has 0 radical (unpaired) electrons. The first-order valence-electron chi connectivity index (χ1n) is 7.85. The molecule has 0 unspecified atom stereocenters. The summed E-state index contributed by atoms with van der Waals surface area (Å²) in [4.78, 5) is 23.4. The number of hydrogen-bond donors (Lipinski definition) is 2. The van der Waals surface area contributed by atoms with E-state index >= 15 is 0 Å². The maximum atomic E-state index is 11.8. The summed E-state index contributed by atoms with van der Waals surface area (Å²) in [5.41, 5.74) is 1.45. The number of rotatable bonds is 9. The summed E-state index contributed by atoms with van der Waals surface area (Å²) in [6, 6.07) is 7.29. The molecule has 1 rings (SSSR count). The number of anilines is 2. The fourth-order valence-corrected chi connectivity index (χ4v) is 1.99. The van der Waals surface area contributed by atoms with Crippen molar-refractivity contribution < 1.29 is 9.59 Å². The van der Waals surface area contributed by atoms with Crippen LogP contribution in [0.3, 0.4) is 0 Å². The van der Waals surface area contributed by atoms with Gasteiger partial charge in [-0.05, 0) is 31.0 Å². The van der Waals surface area contributed by atoms with Crippen molar-refractivity contribution >= 4 is 23.2 Å². The number of carbonyl (C=O) groups is 2. The summed E-state index contributed by atoms with van der Waals surface area (Å²) in [5, 5.41) is 5.72. The van der Waals surface area contributed by atoms with E-state index < -0.39 is 0 Å². The van der Waals surface area contributed by atoms with Crippen LogP contribution in [0.2, 0.25) is 0 Å². The van der Waals surface area contributed by atoms with Gasteiger partial charge < -0.3 is 10.6 Å². The average Bonchev–Trinajstić information content (AvgIpc) is 2.45. The molecule has 1 aromatic rings. The second-order valence-electron chi connectivity index (χ2n) is 5.24. The monoisotopic (exact) mass is 290 g/mol. The Bertz CT molecular complexity index is 458. The molecule has 2 amide bonds. The lowest BCUT2D eigenvalue weighted by Crippen LogP contribution is -2.13. The lowest BCUT2D eigenvalue weighted by Gasteiger charge is -2.08. The molecule has 0 bridgehead atoms. The molecule has 0 atom stereocenters. The van der Waals surface area contributed by atoms with E-state index in [4.69, 9.17) is 0 Å². The van der Waals surface area contributed by atoms with Crippen LogP contribution in [0.1, 0.15) is 58.8 Å². The molecule has 0 fully saturated rings. The van der Waals surface area contributed by atoms with Crippen molar-refractivity contribution in [2.75, 3.05) is 10.6 Å². The average molecular weight is 290 g/mol. The first-order chi connectivity index (χ1) is 10.2. The molecule has 0 aliphatic carbocycles. The molecule has 0 heterocycles. The van der Waals surface area contributed by atoms with Gasteiger partial charge in [0.05, 0.1) is 0 Å². The van der Waals surface area contributed by atoms with E-state index in [1.165, 1.54) is 0 Å². The van der Waals surface area contributed by atoms with E-state index in [9.17, 15) is 9.59 Å². The van der Waals surface area contributed by atoms with Gasteiger partial charge in [-0.15, -0.1) is 0 Å². The van der Waals surface area contributed by atoms with E-state index in [-0.39, 0.29) is 11.8 Å². The van der Waals surface area contributed by atoms with E-state index in [0.29, 0.717) is 12.8 Å². The molecule has 0 saturated heterocycles. The Hall–Kier alpha value is -1.84. The van der Waals surface area contributed by atoms with Crippen LogP contribution in [0.4, 0.5) is 11.4 Å². The Labute approximate surface area is 127 Å². The normalized spacial score (nSPS) is 10.2. The van der Waals surface area contributed by atoms with Crippen molar-refractivity contribution in [2.45, 2.75) is 58.8 Å². The first-order valence-corrected chi connectivity index (χ1v) is 7.85. The molecule has 4 nitrogen and oxygen atoms in total. The van der Waals surface area contributed by atoms with Gasteiger partial charge in [0.15, 0.2) is 0 Å². The molecule has 0 aliphatic rings. The Balaban J connectivity index is 2.48. The predicted octanol–water partition coefficient (Wildman–Crippen LogP) is 4.33. The molecule has 116 valence electrons. The van der Waals surface area contributed by atoms with Gasteiger partial charge in [-0.2, -0.15) is 0 Å². The quantitative estimate of drug-likeness (QED) is 0.665. The van der Waals surface area contributed by atoms with Gasteiger partial charge in [-0.3, -0.25) is 9.59 Å². The van der Waals surface area contributed by atoms with Crippen molar-refractivity contribution in [3.63, 3.8) is 0 Å². The molecule has 0 aliphatic heterocycles. The predicted molar refractivity (Wildman–Crippen MR) is 87.4 cm³/mol. The summed E-state index contributed by atoms with van der Waals surface area (Å²) >= 11 is 0. The van der Waals surface area contributed by atoms with Gasteiger partial charge in [0, 0.05) is 24.2 Å². The van der Waals surface area contributed by atoms with Gasteiger partial charge in [0.2, 0.25) is 11.8 Å². The molecule has 21 heavy (non-hydrogen) atoms. The zero-order valence-corrected chi connectivity index (χ0v) is 13.1. The van der Waals surface area contributed by atoms with Crippen molar-refractivity contribution in [2.24, 2.45) is 0 Å². The van der Waals surface area contributed by atoms with Crippen LogP contribution >= 0.6 is 0 Å². The smallest absolute Gasteiger partial charge is 0.224 e. The van der Waals surface area contributed by atoms with Crippen LogP contribution in [-0.4, -0.2) is 11.8 Å². The van der Waals surface area contributed by atoms with Crippen LogP contribution in [0, 0.1) is 0 Å². The minimum absolute atomic E-state index is 0.0169. The molecule has 2 N–H and O–H groups in total. The Kier molecular flexibility index (Phi) is 8.17. The van der Waals surface area contributed by atoms with Crippen LogP contribution < -0.4 is 10.6 Å². The Morgan fingerprint density at radius 2 is 1.38 bits per heavy atom. The van der Waals surface area contributed by atoms with Gasteiger partial charge in [-0.1, -0.05) is 39.2 Å². The number of unbranched alkanes of at least 4 members (excludes halogenated alkanes) is 3. The fourth-order valence-electron chi connectivity index (χ4n) is 1.99. The van der Waals surface area contributed by atoms with Crippen molar-refractivity contribution in [1.29, 1.82) is 0 Å². The van der Waals surface area contributed by atoms with Crippen molar-refractivity contribution in [3.05, 3.63) is 24.3 Å². The molecule has 0 aromatic heterocycles. The first kappa shape index (κ1) is 17.2. The largest absolute Gasteiger partial charge is 0.326 e. The lowest BCUT2D eigenvalue weighted by atomic mass is 10.2. The third-order valence-corrected chi connectivity index (χ3v) is 3.19. The number of hydrogen-bond acceptors (Lipinski definition) is 2. The highest BCUT2D eigenvalue weighted by molar-refractivity contribution is 5.94. The van der Waals surface area contributed by atoms with Crippen LogP contribution in [0.25, 0.3) is 0 Å². The molecule has 0 spiro atoms. The minimum Gasteiger partial charge on any atom is -0.326 e. The summed E-state index contributed by atoms with van der Waals surface area (Å²) in [6.45, 7) is 4.17. The van der Waals surface area contributed by atoms with E-state index in [1.807, 2.05) is 18.2 Å². The van der Waals surface area contributed by atoms with Gasteiger partial charge in [0.25, 0.3) is 0 Å². The Morgan fingerprint density at radius 1 is 0.857 bits per heavy atom. The number of amides is 2. The number of nitrogens with one attached hydrogen (secondary N) is 2. The molecule has 1 aromatic carbocycles. The summed E-state index contributed by atoms with van der Waals surface area (Å²) in [6.07, 6.45) is 6.05.